The molecule has 0 spiro atoms. The van der Waals surface area contributed by atoms with Gasteiger partial charge in [-0.2, -0.15) is 0 Å². The zero-order valence-electron chi connectivity index (χ0n) is 16.1. The van der Waals surface area contributed by atoms with Gasteiger partial charge >= 0.3 is 0 Å². The van der Waals surface area contributed by atoms with Gasteiger partial charge in [-0.15, -0.1) is 0 Å². The number of fused-ring (bicyclic) bond motifs is 2. The van der Waals surface area contributed by atoms with Crippen molar-refractivity contribution in [2.24, 2.45) is 0 Å². The number of carbonyl (C=O) groups excluding carboxylic acids is 3. The van der Waals surface area contributed by atoms with E-state index in [0.29, 0.717) is 33.6 Å². The predicted octanol–water partition coefficient (Wildman–Crippen LogP) is 5.36. The highest BCUT2D eigenvalue weighted by Crippen LogP contribution is 2.34. The van der Waals surface area contributed by atoms with Crippen molar-refractivity contribution >= 4 is 50.5 Å². The molecule has 1 aliphatic carbocycles. The Labute approximate surface area is 181 Å². The summed E-state index contributed by atoms with van der Waals surface area (Å²) in [5.41, 5.74) is 4.41. The monoisotopic (exact) mass is 460 g/mol. The van der Waals surface area contributed by atoms with E-state index in [1.54, 1.807) is 48.5 Å². The van der Waals surface area contributed by atoms with Gasteiger partial charge in [0, 0.05) is 28.1 Å². The van der Waals surface area contributed by atoms with Gasteiger partial charge in [0.1, 0.15) is 0 Å². The summed E-state index contributed by atoms with van der Waals surface area (Å²) in [6.45, 7) is 5.44. The first-order valence-corrected chi connectivity index (χ1v) is 10.0. The molecule has 0 heterocycles. The van der Waals surface area contributed by atoms with E-state index in [4.69, 9.17) is 0 Å². The average Bonchev–Trinajstić information content (AvgIpc) is 2.73. The Morgan fingerprint density at radius 3 is 2.20 bits per heavy atom. The first-order valence-electron chi connectivity index (χ1n) is 9.21. The Kier molecular flexibility index (Phi) is 5.10. The second-order valence-electron chi connectivity index (χ2n) is 6.95. The van der Waals surface area contributed by atoms with Crippen LogP contribution in [0.3, 0.4) is 0 Å². The smallest absolute Gasteiger partial charge is 0.262 e. The Morgan fingerprint density at radius 2 is 1.53 bits per heavy atom. The van der Waals surface area contributed by atoms with Crippen molar-refractivity contribution in [1.29, 1.82) is 0 Å². The second kappa shape index (κ2) is 7.72. The molecule has 1 aliphatic rings. The summed E-state index contributed by atoms with van der Waals surface area (Å²) in [5.74, 6) is -0.663. The van der Waals surface area contributed by atoms with Crippen LogP contribution in [0.4, 0.5) is 17.1 Å². The normalized spacial score (nSPS) is 12.1. The average molecular weight is 461 g/mol. The number of nitrogens with one attached hydrogen (secondary N) is 2. The van der Waals surface area contributed by atoms with E-state index >= 15 is 0 Å². The topological polar surface area (TPSA) is 75.3 Å². The molecule has 0 saturated carbocycles. The molecule has 2 N–H and O–H groups in total. The predicted molar refractivity (Wildman–Crippen MR) is 121 cm³/mol. The standard InChI is InChI=1S/C24H17BrN2O3/c1-13-12-15(26-24(30)14(2)25)10-11-19(13)27-20-9-5-8-18-21(20)23(29)17-7-4-3-6-16(17)22(18)28/h3-12,27H,2H2,1H3,(H,26,30). The Morgan fingerprint density at radius 1 is 0.867 bits per heavy atom. The van der Waals surface area contributed by atoms with Crippen LogP contribution in [-0.4, -0.2) is 17.5 Å². The third-order valence-electron chi connectivity index (χ3n) is 4.95. The van der Waals surface area contributed by atoms with E-state index in [-0.39, 0.29) is 22.0 Å². The Hall–Kier alpha value is -3.51. The van der Waals surface area contributed by atoms with Crippen molar-refractivity contribution in [1.82, 2.24) is 0 Å². The van der Waals surface area contributed by atoms with E-state index < -0.39 is 0 Å². The minimum absolute atomic E-state index is 0.159. The number of aryl methyl sites for hydroxylation is 1. The molecule has 3 aromatic rings. The molecule has 0 unspecified atom stereocenters. The number of benzene rings is 3. The number of anilines is 3. The van der Waals surface area contributed by atoms with Crippen LogP contribution < -0.4 is 10.6 Å². The summed E-state index contributed by atoms with van der Waals surface area (Å²) < 4.78 is 0.238. The maximum Gasteiger partial charge on any atom is 0.262 e. The van der Waals surface area contributed by atoms with Gasteiger partial charge in [-0.25, -0.2) is 0 Å². The molecule has 0 bridgehead atoms. The van der Waals surface area contributed by atoms with Crippen LogP contribution in [0.15, 0.2) is 71.7 Å². The quantitative estimate of drug-likeness (QED) is 0.401. The van der Waals surface area contributed by atoms with Crippen molar-refractivity contribution in [2.45, 2.75) is 6.92 Å². The lowest BCUT2D eigenvalue weighted by Gasteiger charge is -2.21. The molecule has 5 nitrogen and oxygen atoms in total. The lowest BCUT2D eigenvalue weighted by atomic mass is 9.83. The van der Waals surface area contributed by atoms with Crippen molar-refractivity contribution in [3.63, 3.8) is 0 Å². The minimum Gasteiger partial charge on any atom is -0.355 e. The number of amides is 1. The van der Waals surface area contributed by atoms with E-state index in [9.17, 15) is 14.4 Å². The van der Waals surface area contributed by atoms with Crippen LogP contribution >= 0.6 is 15.9 Å². The largest absolute Gasteiger partial charge is 0.355 e. The van der Waals surface area contributed by atoms with E-state index in [1.807, 2.05) is 19.1 Å². The molecule has 6 heteroatoms. The first kappa shape index (κ1) is 19.8. The number of ketones is 2. The van der Waals surface area contributed by atoms with Gasteiger partial charge in [0.15, 0.2) is 11.6 Å². The van der Waals surface area contributed by atoms with Crippen molar-refractivity contribution in [2.75, 3.05) is 10.6 Å². The summed E-state index contributed by atoms with van der Waals surface area (Å²) in [6.07, 6.45) is 0. The van der Waals surface area contributed by atoms with Crippen LogP contribution in [0, 0.1) is 6.92 Å². The minimum atomic E-state index is -0.324. The lowest BCUT2D eigenvalue weighted by molar-refractivity contribution is -0.112. The number of hydrogen-bond acceptors (Lipinski definition) is 4. The zero-order valence-corrected chi connectivity index (χ0v) is 17.7. The summed E-state index contributed by atoms with van der Waals surface area (Å²) >= 11 is 3.05. The highest BCUT2D eigenvalue weighted by atomic mass is 79.9. The maximum absolute atomic E-state index is 13.1. The molecule has 148 valence electrons. The second-order valence-corrected chi connectivity index (χ2v) is 7.90. The van der Waals surface area contributed by atoms with Crippen LogP contribution in [0.25, 0.3) is 0 Å². The summed E-state index contributed by atoms with van der Waals surface area (Å²) in [4.78, 5) is 37.8. The fourth-order valence-electron chi connectivity index (χ4n) is 3.47. The molecule has 0 radical (unpaired) electrons. The number of hydrogen-bond donors (Lipinski definition) is 2. The van der Waals surface area contributed by atoms with Gasteiger partial charge in [0.2, 0.25) is 0 Å². The number of halogens is 1. The van der Waals surface area contributed by atoms with Gasteiger partial charge in [0.05, 0.1) is 15.7 Å². The van der Waals surface area contributed by atoms with Crippen LogP contribution in [0.1, 0.15) is 37.4 Å². The third kappa shape index (κ3) is 3.46. The first-order chi connectivity index (χ1) is 14.4. The van der Waals surface area contributed by atoms with Crippen LogP contribution in [-0.2, 0) is 4.79 Å². The van der Waals surface area contributed by atoms with E-state index in [2.05, 4.69) is 33.1 Å². The highest BCUT2D eigenvalue weighted by molar-refractivity contribution is 9.12. The molecule has 0 fully saturated rings. The molecule has 0 aromatic heterocycles. The fraction of sp³-hybridized carbons (Fsp3) is 0.0417. The van der Waals surface area contributed by atoms with E-state index in [1.165, 1.54) is 0 Å². The molecule has 0 saturated heterocycles. The van der Waals surface area contributed by atoms with Crippen molar-refractivity contribution in [3.05, 3.63) is 99.5 Å². The van der Waals surface area contributed by atoms with Crippen molar-refractivity contribution in [3.8, 4) is 0 Å². The molecule has 0 aliphatic heterocycles. The van der Waals surface area contributed by atoms with Gasteiger partial charge in [0.25, 0.3) is 5.91 Å². The SMILES string of the molecule is C=C(Br)C(=O)Nc1ccc(Nc2cccc3c2C(=O)c2ccccc2C3=O)c(C)c1. The molecule has 1 amide bonds. The van der Waals surface area contributed by atoms with Crippen LogP contribution in [0.5, 0.6) is 0 Å². The molecule has 0 atom stereocenters. The number of carbonyl (C=O) groups is 3. The third-order valence-corrected chi connectivity index (χ3v) is 5.31. The number of rotatable bonds is 4. The molecule has 3 aromatic carbocycles. The summed E-state index contributed by atoms with van der Waals surface area (Å²) in [6, 6.07) is 17.4. The van der Waals surface area contributed by atoms with Crippen LogP contribution in [0.2, 0.25) is 0 Å². The Balaban J connectivity index is 1.69. The van der Waals surface area contributed by atoms with Gasteiger partial charge in [-0.05, 0) is 52.7 Å². The van der Waals surface area contributed by atoms with Gasteiger partial charge in [-0.1, -0.05) is 43.0 Å². The molecular formula is C24H17BrN2O3. The molecule has 4 rings (SSSR count). The summed E-state index contributed by atoms with van der Waals surface area (Å²) in [5, 5.41) is 6.01. The molecule has 30 heavy (non-hydrogen) atoms. The molecular weight excluding hydrogens is 444 g/mol. The van der Waals surface area contributed by atoms with Gasteiger partial charge in [-0.3, -0.25) is 14.4 Å². The Bertz CT molecular complexity index is 1250. The van der Waals surface area contributed by atoms with E-state index in [0.717, 1.165) is 11.3 Å². The zero-order chi connectivity index (χ0) is 21.4. The van der Waals surface area contributed by atoms with Gasteiger partial charge < -0.3 is 10.6 Å². The van der Waals surface area contributed by atoms with Crippen molar-refractivity contribution < 1.29 is 14.4 Å². The highest BCUT2D eigenvalue weighted by Gasteiger charge is 2.31. The maximum atomic E-state index is 13.1. The summed E-state index contributed by atoms with van der Waals surface area (Å²) in [7, 11) is 0. The lowest BCUT2D eigenvalue weighted by Crippen LogP contribution is -2.22. The fourth-order valence-corrected chi connectivity index (χ4v) is 3.57.